The van der Waals surface area contributed by atoms with Crippen molar-refractivity contribution in [3.05, 3.63) is 18.2 Å². The summed E-state index contributed by atoms with van der Waals surface area (Å²) in [5.41, 5.74) is 7.67. The maximum Gasteiger partial charge on any atom is 0.121 e. The molecule has 1 aromatic carbocycles. The molecule has 0 unspecified atom stereocenters. The molecule has 0 radical (unpaired) electrons. The number of hydrogen-bond donors (Lipinski definition) is 2. The van der Waals surface area contributed by atoms with E-state index >= 15 is 0 Å². The van der Waals surface area contributed by atoms with Gasteiger partial charge in [-0.25, -0.2) is 0 Å². The Kier molecular flexibility index (Phi) is 2.99. The molecule has 1 aliphatic rings. The summed E-state index contributed by atoms with van der Waals surface area (Å²) in [6, 6.07) is 5.76. The van der Waals surface area contributed by atoms with Crippen LogP contribution >= 0.6 is 0 Å². The summed E-state index contributed by atoms with van der Waals surface area (Å²) >= 11 is 0. The van der Waals surface area contributed by atoms with Gasteiger partial charge in [-0.1, -0.05) is 6.42 Å². The molecule has 82 valence electrons. The van der Waals surface area contributed by atoms with Crippen molar-refractivity contribution >= 4 is 11.4 Å². The van der Waals surface area contributed by atoms with Crippen molar-refractivity contribution in [2.75, 3.05) is 24.7 Å². The van der Waals surface area contributed by atoms with E-state index in [2.05, 4.69) is 5.32 Å². The van der Waals surface area contributed by atoms with Crippen LogP contribution in [0.25, 0.3) is 0 Å². The average molecular weight is 206 g/mol. The molecule has 0 amide bonds. The second-order valence-electron chi connectivity index (χ2n) is 4.13. The van der Waals surface area contributed by atoms with Crippen molar-refractivity contribution in [1.29, 1.82) is 0 Å². The third-order valence-corrected chi connectivity index (χ3v) is 3.06. The Bertz CT molecular complexity index is 334. The van der Waals surface area contributed by atoms with Crippen molar-refractivity contribution < 1.29 is 4.74 Å². The minimum Gasteiger partial charge on any atom is -0.497 e. The zero-order valence-electron chi connectivity index (χ0n) is 9.12. The van der Waals surface area contributed by atoms with Gasteiger partial charge in [0.15, 0.2) is 0 Å². The molecule has 1 fully saturated rings. The van der Waals surface area contributed by atoms with Crippen LogP contribution in [0.3, 0.4) is 0 Å². The van der Waals surface area contributed by atoms with Crippen LogP contribution in [-0.2, 0) is 0 Å². The second-order valence-corrected chi connectivity index (χ2v) is 4.13. The minimum absolute atomic E-state index is 0.758. The van der Waals surface area contributed by atoms with Crippen LogP contribution in [0.2, 0.25) is 0 Å². The molecule has 3 N–H and O–H groups in total. The molecule has 0 saturated heterocycles. The highest BCUT2D eigenvalue weighted by molar-refractivity contribution is 5.68. The van der Waals surface area contributed by atoms with Gasteiger partial charge < -0.3 is 15.8 Å². The van der Waals surface area contributed by atoms with Gasteiger partial charge in [0.1, 0.15) is 5.75 Å². The highest BCUT2D eigenvalue weighted by Crippen LogP contribution is 2.28. The zero-order valence-corrected chi connectivity index (χ0v) is 9.12. The molecule has 15 heavy (non-hydrogen) atoms. The summed E-state index contributed by atoms with van der Waals surface area (Å²) in [4.78, 5) is 0. The Hall–Kier alpha value is -1.38. The normalized spacial score (nSPS) is 15.8. The van der Waals surface area contributed by atoms with Crippen LogP contribution in [0.1, 0.15) is 19.3 Å². The molecule has 0 heterocycles. The minimum atomic E-state index is 0.758. The molecule has 0 aliphatic heterocycles. The van der Waals surface area contributed by atoms with Crippen molar-refractivity contribution in [3.63, 3.8) is 0 Å². The average Bonchev–Trinajstić information content (AvgIpc) is 2.18. The molecular weight excluding hydrogens is 188 g/mol. The largest absolute Gasteiger partial charge is 0.497 e. The predicted molar refractivity (Wildman–Crippen MR) is 63.2 cm³/mol. The molecule has 2 rings (SSSR count). The van der Waals surface area contributed by atoms with Crippen LogP contribution in [0, 0.1) is 5.92 Å². The van der Waals surface area contributed by atoms with Crippen LogP contribution < -0.4 is 15.8 Å². The Morgan fingerprint density at radius 1 is 1.47 bits per heavy atom. The Morgan fingerprint density at radius 2 is 2.27 bits per heavy atom. The fourth-order valence-corrected chi connectivity index (χ4v) is 1.78. The number of nitrogens with two attached hydrogens (primary N) is 1. The second kappa shape index (κ2) is 4.43. The van der Waals surface area contributed by atoms with Crippen LogP contribution in [0.5, 0.6) is 5.75 Å². The first kappa shape index (κ1) is 10.1. The van der Waals surface area contributed by atoms with E-state index in [1.807, 2.05) is 18.2 Å². The number of rotatable bonds is 4. The highest BCUT2D eigenvalue weighted by Gasteiger charge is 2.16. The smallest absolute Gasteiger partial charge is 0.121 e. The monoisotopic (exact) mass is 206 g/mol. The van der Waals surface area contributed by atoms with Gasteiger partial charge in [0, 0.05) is 12.6 Å². The number of ether oxygens (including phenoxy) is 1. The maximum atomic E-state index is 5.90. The lowest BCUT2D eigenvalue weighted by Gasteiger charge is -2.26. The SMILES string of the molecule is COc1ccc(NCC2CCC2)c(N)c1. The zero-order chi connectivity index (χ0) is 10.7. The summed E-state index contributed by atoms with van der Waals surface area (Å²) in [6.45, 7) is 1.04. The fraction of sp³-hybridized carbons (Fsp3) is 0.500. The van der Waals surface area contributed by atoms with Crippen molar-refractivity contribution in [3.8, 4) is 5.75 Å². The number of nitrogens with one attached hydrogen (secondary N) is 1. The summed E-state index contributed by atoms with van der Waals surface area (Å²) < 4.78 is 5.10. The van der Waals surface area contributed by atoms with Gasteiger partial charge in [0.05, 0.1) is 18.5 Å². The van der Waals surface area contributed by atoms with E-state index in [9.17, 15) is 0 Å². The standard InChI is InChI=1S/C12H18N2O/c1-15-10-5-6-12(11(13)7-10)14-8-9-3-2-4-9/h5-7,9,14H,2-4,8,13H2,1H3. The Balaban J connectivity index is 1.95. The highest BCUT2D eigenvalue weighted by atomic mass is 16.5. The topological polar surface area (TPSA) is 47.3 Å². The summed E-state index contributed by atoms with van der Waals surface area (Å²) in [6.07, 6.45) is 4.08. The molecule has 3 heteroatoms. The fourth-order valence-electron chi connectivity index (χ4n) is 1.78. The number of nitrogen functional groups attached to an aromatic ring is 1. The third kappa shape index (κ3) is 2.35. The number of benzene rings is 1. The molecule has 0 bridgehead atoms. The number of methoxy groups -OCH3 is 1. The molecule has 1 aromatic rings. The summed E-state index contributed by atoms with van der Waals surface area (Å²) in [5, 5.41) is 3.39. The number of anilines is 2. The van der Waals surface area contributed by atoms with E-state index in [1.165, 1.54) is 19.3 Å². The van der Waals surface area contributed by atoms with Crippen LogP contribution in [-0.4, -0.2) is 13.7 Å². The summed E-state index contributed by atoms with van der Waals surface area (Å²) in [5.74, 6) is 1.65. The first-order chi connectivity index (χ1) is 7.29. The molecule has 0 atom stereocenters. The third-order valence-electron chi connectivity index (χ3n) is 3.06. The van der Waals surface area contributed by atoms with Gasteiger partial charge in [-0.3, -0.25) is 0 Å². The van der Waals surface area contributed by atoms with Gasteiger partial charge in [0.25, 0.3) is 0 Å². The van der Waals surface area contributed by atoms with E-state index in [4.69, 9.17) is 10.5 Å². The van der Waals surface area contributed by atoms with Gasteiger partial charge in [-0.15, -0.1) is 0 Å². The molecule has 1 aliphatic carbocycles. The van der Waals surface area contributed by atoms with Crippen molar-refractivity contribution in [2.45, 2.75) is 19.3 Å². The quantitative estimate of drug-likeness (QED) is 0.744. The Morgan fingerprint density at radius 3 is 2.80 bits per heavy atom. The first-order valence-corrected chi connectivity index (χ1v) is 5.47. The predicted octanol–water partition coefficient (Wildman–Crippen LogP) is 2.49. The van der Waals surface area contributed by atoms with E-state index < -0.39 is 0 Å². The van der Waals surface area contributed by atoms with E-state index in [1.54, 1.807) is 7.11 Å². The molecule has 1 saturated carbocycles. The van der Waals surface area contributed by atoms with Crippen molar-refractivity contribution in [1.82, 2.24) is 0 Å². The van der Waals surface area contributed by atoms with E-state index in [0.717, 1.165) is 29.6 Å². The first-order valence-electron chi connectivity index (χ1n) is 5.47. The van der Waals surface area contributed by atoms with E-state index in [0.29, 0.717) is 0 Å². The molecule has 3 nitrogen and oxygen atoms in total. The summed E-state index contributed by atoms with van der Waals surface area (Å²) in [7, 11) is 1.65. The van der Waals surface area contributed by atoms with Crippen LogP contribution in [0.15, 0.2) is 18.2 Å². The maximum absolute atomic E-state index is 5.90. The number of hydrogen-bond acceptors (Lipinski definition) is 3. The van der Waals surface area contributed by atoms with Gasteiger partial charge >= 0.3 is 0 Å². The van der Waals surface area contributed by atoms with Gasteiger partial charge in [-0.05, 0) is 30.9 Å². The van der Waals surface area contributed by atoms with Gasteiger partial charge in [0.2, 0.25) is 0 Å². The van der Waals surface area contributed by atoms with Crippen LogP contribution in [0.4, 0.5) is 11.4 Å². The molecule has 0 aromatic heterocycles. The molecular formula is C12H18N2O. The molecule has 0 spiro atoms. The lowest BCUT2D eigenvalue weighted by molar-refractivity contribution is 0.333. The Labute approximate surface area is 90.6 Å². The van der Waals surface area contributed by atoms with E-state index in [-0.39, 0.29) is 0 Å². The lowest BCUT2D eigenvalue weighted by Crippen LogP contribution is -2.21. The lowest BCUT2D eigenvalue weighted by atomic mass is 9.85. The van der Waals surface area contributed by atoms with Gasteiger partial charge in [-0.2, -0.15) is 0 Å². The van der Waals surface area contributed by atoms with Crippen molar-refractivity contribution in [2.24, 2.45) is 5.92 Å².